The number of aryl methyl sites for hydroxylation is 1. The molecule has 1 fully saturated rings. The van der Waals surface area contributed by atoms with E-state index >= 15 is 0 Å². The number of nitrogens with one attached hydrogen (secondary N) is 1. The highest BCUT2D eigenvalue weighted by molar-refractivity contribution is 6.30. The smallest absolute Gasteiger partial charge is 0.253 e. The molecule has 2 atom stereocenters. The maximum absolute atomic E-state index is 11.9. The number of hydrogen-bond donors (Lipinski definition) is 1. The van der Waals surface area contributed by atoms with Crippen molar-refractivity contribution in [1.29, 1.82) is 0 Å². The predicted molar refractivity (Wildman–Crippen MR) is 66.1 cm³/mol. The fourth-order valence-electron chi connectivity index (χ4n) is 1.87. The molecule has 1 saturated heterocycles. The Morgan fingerprint density at radius 2 is 2.41 bits per heavy atom. The lowest BCUT2D eigenvalue weighted by atomic mass is 10.0. The first-order chi connectivity index (χ1) is 8.08. The van der Waals surface area contributed by atoms with Crippen molar-refractivity contribution >= 4 is 23.2 Å². The second-order valence-electron chi connectivity index (χ2n) is 4.38. The minimum Gasteiger partial charge on any atom is -0.368 e. The first-order valence-corrected chi connectivity index (χ1v) is 6.00. The van der Waals surface area contributed by atoms with Gasteiger partial charge in [-0.25, -0.2) is 4.98 Å². The first-order valence-electron chi connectivity index (χ1n) is 5.62. The van der Waals surface area contributed by atoms with E-state index in [-0.39, 0.29) is 17.9 Å². The van der Waals surface area contributed by atoms with Gasteiger partial charge in [-0.05, 0) is 30.9 Å². The number of hydrogen-bond acceptors (Lipinski definition) is 3. The highest BCUT2D eigenvalue weighted by Crippen LogP contribution is 2.22. The van der Waals surface area contributed by atoms with Gasteiger partial charge in [-0.1, -0.05) is 18.5 Å². The van der Waals surface area contributed by atoms with E-state index in [9.17, 15) is 4.79 Å². The highest BCUT2D eigenvalue weighted by atomic mass is 35.5. The van der Waals surface area contributed by atoms with E-state index in [0.29, 0.717) is 17.4 Å². The Balaban J connectivity index is 2.05. The zero-order valence-electron chi connectivity index (χ0n) is 9.87. The lowest BCUT2D eigenvalue weighted by molar-refractivity contribution is -0.126. The predicted octanol–water partition coefficient (Wildman–Crippen LogP) is 2.41. The Hall–Kier alpha value is -1.13. The number of amides is 1. The number of halogens is 1. The molecule has 1 N–H and O–H groups in total. The summed E-state index contributed by atoms with van der Waals surface area (Å²) in [6, 6.07) is 1.80. The molecule has 1 aliphatic rings. The van der Waals surface area contributed by atoms with E-state index in [0.717, 1.165) is 12.0 Å². The first kappa shape index (κ1) is 12.3. The lowest BCUT2D eigenvalue weighted by Crippen LogP contribution is -2.31. The SMILES string of the molecule is Cc1cc(NC(=O)C2OCCC2C)cnc1Cl. The molecule has 0 aromatic carbocycles. The quantitative estimate of drug-likeness (QED) is 0.825. The van der Waals surface area contributed by atoms with Crippen LogP contribution in [0.1, 0.15) is 18.9 Å². The maximum atomic E-state index is 11.9. The van der Waals surface area contributed by atoms with Crippen molar-refractivity contribution in [1.82, 2.24) is 4.98 Å². The van der Waals surface area contributed by atoms with Gasteiger partial charge < -0.3 is 10.1 Å². The lowest BCUT2D eigenvalue weighted by Gasteiger charge is -2.14. The van der Waals surface area contributed by atoms with E-state index in [1.807, 2.05) is 13.8 Å². The third-order valence-electron chi connectivity index (χ3n) is 2.93. The van der Waals surface area contributed by atoms with Gasteiger partial charge in [-0.15, -0.1) is 0 Å². The van der Waals surface area contributed by atoms with Crippen LogP contribution in [0.2, 0.25) is 5.15 Å². The third-order valence-corrected chi connectivity index (χ3v) is 3.32. The molecule has 1 aromatic heterocycles. The Morgan fingerprint density at radius 3 is 3.00 bits per heavy atom. The normalized spacial score (nSPS) is 23.7. The van der Waals surface area contributed by atoms with Gasteiger partial charge in [0.15, 0.2) is 0 Å². The number of aromatic nitrogens is 1. The van der Waals surface area contributed by atoms with E-state index in [1.165, 1.54) is 0 Å². The van der Waals surface area contributed by atoms with Crippen LogP contribution in [0.4, 0.5) is 5.69 Å². The second-order valence-corrected chi connectivity index (χ2v) is 4.74. The summed E-state index contributed by atoms with van der Waals surface area (Å²) in [6.07, 6.45) is 2.12. The molecule has 17 heavy (non-hydrogen) atoms. The van der Waals surface area contributed by atoms with Crippen molar-refractivity contribution < 1.29 is 9.53 Å². The van der Waals surface area contributed by atoms with Crippen LogP contribution in [-0.2, 0) is 9.53 Å². The van der Waals surface area contributed by atoms with E-state index in [4.69, 9.17) is 16.3 Å². The van der Waals surface area contributed by atoms with Crippen LogP contribution in [0.15, 0.2) is 12.3 Å². The fraction of sp³-hybridized carbons (Fsp3) is 0.500. The van der Waals surface area contributed by atoms with E-state index in [1.54, 1.807) is 12.3 Å². The van der Waals surface area contributed by atoms with Crippen LogP contribution in [0.5, 0.6) is 0 Å². The molecule has 4 nitrogen and oxygen atoms in total. The van der Waals surface area contributed by atoms with E-state index < -0.39 is 0 Å². The molecule has 0 bridgehead atoms. The monoisotopic (exact) mass is 254 g/mol. The van der Waals surface area contributed by atoms with Crippen LogP contribution in [-0.4, -0.2) is 23.6 Å². The number of carbonyl (C=O) groups excluding carboxylic acids is 1. The molecular formula is C12H15ClN2O2. The second kappa shape index (κ2) is 5.02. The fourth-order valence-corrected chi connectivity index (χ4v) is 1.97. The summed E-state index contributed by atoms with van der Waals surface area (Å²) in [6.45, 7) is 4.51. The van der Waals surface area contributed by atoms with E-state index in [2.05, 4.69) is 10.3 Å². The summed E-state index contributed by atoms with van der Waals surface area (Å²) in [5.74, 6) is 0.148. The number of ether oxygens (including phenoxy) is 1. The van der Waals surface area contributed by atoms with Crippen molar-refractivity contribution in [2.24, 2.45) is 5.92 Å². The number of anilines is 1. The number of carbonyl (C=O) groups is 1. The number of nitrogens with zero attached hydrogens (tertiary/aromatic N) is 1. The molecule has 0 spiro atoms. The highest BCUT2D eigenvalue weighted by Gasteiger charge is 2.30. The van der Waals surface area contributed by atoms with Crippen molar-refractivity contribution in [3.05, 3.63) is 23.0 Å². The molecule has 1 aliphatic heterocycles. The molecule has 1 amide bonds. The number of pyridine rings is 1. The summed E-state index contributed by atoms with van der Waals surface area (Å²) in [5.41, 5.74) is 1.49. The summed E-state index contributed by atoms with van der Waals surface area (Å²) in [5, 5.41) is 3.25. The third kappa shape index (κ3) is 2.76. The van der Waals surface area contributed by atoms with Crippen LogP contribution in [0, 0.1) is 12.8 Å². The minimum absolute atomic E-state index is 0.112. The molecule has 1 aromatic rings. The Labute approximate surface area is 105 Å². The van der Waals surface area contributed by atoms with Gasteiger partial charge in [0.1, 0.15) is 11.3 Å². The minimum atomic E-state index is -0.356. The van der Waals surface area contributed by atoms with Gasteiger partial charge in [0.25, 0.3) is 5.91 Å². The average molecular weight is 255 g/mol. The largest absolute Gasteiger partial charge is 0.368 e. The van der Waals surface area contributed by atoms with Crippen molar-refractivity contribution in [3.63, 3.8) is 0 Å². The molecule has 0 aliphatic carbocycles. The van der Waals surface area contributed by atoms with Crippen LogP contribution >= 0.6 is 11.6 Å². The summed E-state index contributed by atoms with van der Waals surface area (Å²) in [7, 11) is 0. The summed E-state index contributed by atoms with van der Waals surface area (Å²) >= 11 is 5.82. The topological polar surface area (TPSA) is 51.2 Å². The summed E-state index contributed by atoms with van der Waals surface area (Å²) in [4.78, 5) is 15.9. The van der Waals surface area contributed by atoms with Gasteiger partial charge in [0, 0.05) is 6.61 Å². The molecular weight excluding hydrogens is 240 g/mol. The maximum Gasteiger partial charge on any atom is 0.253 e. The van der Waals surface area contributed by atoms with Crippen LogP contribution in [0.25, 0.3) is 0 Å². The Morgan fingerprint density at radius 1 is 1.65 bits per heavy atom. The molecule has 2 heterocycles. The average Bonchev–Trinajstić information content (AvgIpc) is 2.70. The van der Waals surface area contributed by atoms with Gasteiger partial charge in [0.05, 0.1) is 11.9 Å². The summed E-state index contributed by atoms with van der Waals surface area (Å²) < 4.78 is 5.39. The van der Waals surface area contributed by atoms with Crippen molar-refractivity contribution in [2.75, 3.05) is 11.9 Å². The zero-order chi connectivity index (χ0) is 12.4. The molecule has 0 radical (unpaired) electrons. The van der Waals surface area contributed by atoms with Gasteiger partial charge in [-0.3, -0.25) is 4.79 Å². The van der Waals surface area contributed by atoms with Crippen LogP contribution < -0.4 is 5.32 Å². The van der Waals surface area contributed by atoms with Crippen LogP contribution in [0.3, 0.4) is 0 Å². The molecule has 5 heteroatoms. The number of rotatable bonds is 2. The Bertz CT molecular complexity index is 437. The van der Waals surface area contributed by atoms with Gasteiger partial charge in [0.2, 0.25) is 0 Å². The molecule has 2 rings (SSSR count). The van der Waals surface area contributed by atoms with Crippen molar-refractivity contribution in [3.8, 4) is 0 Å². The zero-order valence-corrected chi connectivity index (χ0v) is 10.6. The molecule has 2 unspecified atom stereocenters. The molecule has 0 saturated carbocycles. The van der Waals surface area contributed by atoms with Gasteiger partial charge in [-0.2, -0.15) is 0 Å². The van der Waals surface area contributed by atoms with Gasteiger partial charge >= 0.3 is 0 Å². The molecule has 92 valence electrons. The Kier molecular flexibility index (Phi) is 3.64. The standard InChI is InChI=1S/C12H15ClN2O2/c1-7-3-4-17-10(7)12(16)15-9-5-8(2)11(13)14-6-9/h5-7,10H,3-4H2,1-2H3,(H,15,16). The van der Waals surface area contributed by atoms with Crippen molar-refractivity contribution in [2.45, 2.75) is 26.4 Å².